The van der Waals surface area contributed by atoms with Gasteiger partial charge in [-0.3, -0.25) is 11.3 Å². The molecule has 1 saturated carbocycles. The van der Waals surface area contributed by atoms with Gasteiger partial charge >= 0.3 is 0 Å². The number of hydrogen-bond acceptors (Lipinski definition) is 4. The van der Waals surface area contributed by atoms with E-state index in [0.29, 0.717) is 12.0 Å². The highest BCUT2D eigenvalue weighted by Crippen LogP contribution is 2.46. The Kier molecular flexibility index (Phi) is 4.56. The molecule has 3 atom stereocenters. The maximum absolute atomic E-state index is 6.05. The van der Waals surface area contributed by atoms with Gasteiger partial charge in [-0.2, -0.15) is 0 Å². The van der Waals surface area contributed by atoms with Gasteiger partial charge < -0.3 is 9.64 Å². The molecule has 4 nitrogen and oxygen atoms in total. The maximum Gasteiger partial charge on any atom is 0.0685 e. The van der Waals surface area contributed by atoms with Gasteiger partial charge in [-0.15, -0.1) is 0 Å². The molecular weight excluding hydrogens is 238 g/mol. The summed E-state index contributed by atoms with van der Waals surface area (Å²) in [5.74, 6) is 6.55. The van der Waals surface area contributed by atoms with Gasteiger partial charge in [-0.05, 0) is 65.5 Å². The van der Waals surface area contributed by atoms with Crippen molar-refractivity contribution in [2.24, 2.45) is 11.8 Å². The number of ether oxygens (including phenoxy) is 1. The number of rotatable bonds is 5. The highest BCUT2D eigenvalue weighted by Gasteiger charge is 2.48. The second-order valence-electron chi connectivity index (χ2n) is 6.89. The lowest BCUT2D eigenvalue weighted by Gasteiger charge is -2.52. The Morgan fingerprint density at radius 2 is 2.16 bits per heavy atom. The van der Waals surface area contributed by atoms with Crippen molar-refractivity contribution in [2.45, 2.75) is 69.6 Å². The lowest BCUT2D eigenvalue weighted by molar-refractivity contribution is -0.152. The number of hydrogen-bond donors (Lipinski definition) is 2. The van der Waals surface area contributed by atoms with E-state index in [9.17, 15) is 0 Å². The summed E-state index contributed by atoms with van der Waals surface area (Å²) in [6, 6.07) is 0.328. The Morgan fingerprint density at radius 1 is 1.47 bits per heavy atom. The van der Waals surface area contributed by atoms with Crippen molar-refractivity contribution in [2.75, 3.05) is 20.7 Å². The first-order valence-corrected chi connectivity index (χ1v) is 7.75. The average molecular weight is 269 g/mol. The van der Waals surface area contributed by atoms with E-state index in [1.165, 1.54) is 25.7 Å². The van der Waals surface area contributed by atoms with Crippen LogP contribution in [0.4, 0.5) is 0 Å². The van der Waals surface area contributed by atoms with E-state index in [1.807, 2.05) is 0 Å². The van der Waals surface area contributed by atoms with Crippen molar-refractivity contribution in [3.05, 3.63) is 0 Å². The molecule has 0 aromatic carbocycles. The third kappa shape index (κ3) is 2.68. The summed E-state index contributed by atoms with van der Waals surface area (Å²) in [5, 5.41) is 0. The summed E-state index contributed by atoms with van der Waals surface area (Å²) >= 11 is 0. The van der Waals surface area contributed by atoms with Crippen LogP contribution in [0.1, 0.15) is 52.4 Å². The highest BCUT2D eigenvalue weighted by atomic mass is 16.5. The molecule has 4 heteroatoms. The van der Waals surface area contributed by atoms with Crippen LogP contribution >= 0.6 is 0 Å². The molecule has 1 spiro atoms. The third-order valence-electron chi connectivity index (χ3n) is 5.85. The molecular formula is C15H31N3O. The topological polar surface area (TPSA) is 50.5 Å². The Balaban J connectivity index is 2.12. The Labute approximate surface area is 118 Å². The summed E-state index contributed by atoms with van der Waals surface area (Å²) < 4.78 is 6.05. The van der Waals surface area contributed by atoms with Crippen LogP contribution in [-0.2, 0) is 4.74 Å². The molecule has 1 heterocycles. The van der Waals surface area contributed by atoms with Crippen LogP contribution in [0.3, 0.4) is 0 Å². The van der Waals surface area contributed by atoms with E-state index < -0.39 is 0 Å². The van der Waals surface area contributed by atoms with Crippen LogP contribution in [0, 0.1) is 5.92 Å². The molecule has 0 aromatic rings. The molecule has 2 rings (SSSR count). The summed E-state index contributed by atoms with van der Waals surface area (Å²) in [6.07, 6.45) is 7.20. The molecule has 0 bridgehead atoms. The minimum Gasteiger partial charge on any atom is -0.375 e. The van der Waals surface area contributed by atoms with Gasteiger partial charge in [-0.25, -0.2) is 0 Å². The number of hydrazine groups is 1. The minimum absolute atomic E-state index is 0.0989. The second-order valence-corrected chi connectivity index (χ2v) is 6.89. The van der Waals surface area contributed by atoms with Crippen molar-refractivity contribution in [1.29, 1.82) is 0 Å². The molecule has 1 aliphatic carbocycles. The van der Waals surface area contributed by atoms with Crippen LogP contribution in [0.2, 0.25) is 0 Å². The first kappa shape index (κ1) is 15.2. The SMILES string of the molecule is CCC(C)(C(NN)C1CCOC2(CCC2)C1)N(C)C. The lowest BCUT2D eigenvalue weighted by atomic mass is 9.67. The molecule has 0 amide bonds. The van der Waals surface area contributed by atoms with E-state index >= 15 is 0 Å². The lowest BCUT2D eigenvalue weighted by Crippen LogP contribution is -2.63. The zero-order valence-corrected chi connectivity index (χ0v) is 13.0. The van der Waals surface area contributed by atoms with Crippen molar-refractivity contribution < 1.29 is 4.74 Å². The summed E-state index contributed by atoms with van der Waals surface area (Å²) in [7, 11) is 4.32. The maximum atomic E-state index is 6.05. The van der Waals surface area contributed by atoms with Gasteiger partial charge in [0.2, 0.25) is 0 Å². The normalized spacial score (nSPS) is 30.9. The molecule has 0 radical (unpaired) electrons. The number of nitrogens with zero attached hydrogens (tertiary/aromatic N) is 1. The summed E-state index contributed by atoms with van der Waals surface area (Å²) in [5.41, 5.74) is 3.43. The molecule has 0 aromatic heterocycles. The molecule has 1 aliphatic heterocycles. The Morgan fingerprint density at radius 3 is 2.58 bits per heavy atom. The van der Waals surface area contributed by atoms with Crippen LogP contribution in [0.5, 0.6) is 0 Å². The van der Waals surface area contributed by atoms with Crippen molar-refractivity contribution in [1.82, 2.24) is 10.3 Å². The van der Waals surface area contributed by atoms with E-state index in [1.54, 1.807) is 0 Å². The second kappa shape index (κ2) is 5.68. The summed E-state index contributed by atoms with van der Waals surface area (Å²) in [4.78, 5) is 2.32. The molecule has 3 N–H and O–H groups in total. The molecule has 19 heavy (non-hydrogen) atoms. The number of nitrogens with two attached hydrogens (primary N) is 1. The first-order valence-electron chi connectivity index (χ1n) is 7.75. The van der Waals surface area contributed by atoms with Crippen molar-refractivity contribution >= 4 is 0 Å². The summed E-state index contributed by atoms with van der Waals surface area (Å²) in [6.45, 7) is 5.47. The minimum atomic E-state index is 0.0989. The fourth-order valence-corrected chi connectivity index (χ4v) is 3.91. The smallest absolute Gasteiger partial charge is 0.0685 e. The molecule has 112 valence electrons. The zero-order valence-electron chi connectivity index (χ0n) is 13.0. The van der Waals surface area contributed by atoms with E-state index in [4.69, 9.17) is 10.6 Å². The van der Waals surface area contributed by atoms with Gasteiger partial charge in [0, 0.05) is 18.2 Å². The fraction of sp³-hybridized carbons (Fsp3) is 1.00. The average Bonchev–Trinajstić information content (AvgIpc) is 2.37. The monoisotopic (exact) mass is 269 g/mol. The number of nitrogens with one attached hydrogen (secondary N) is 1. The third-order valence-corrected chi connectivity index (χ3v) is 5.85. The molecule has 2 aliphatic rings. The van der Waals surface area contributed by atoms with Crippen molar-refractivity contribution in [3.63, 3.8) is 0 Å². The van der Waals surface area contributed by atoms with Crippen LogP contribution in [0.15, 0.2) is 0 Å². The quantitative estimate of drug-likeness (QED) is 0.591. The first-order chi connectivity index (χ1) is 8.97. The van der Waals surface area contributed by atoms with E-state index in [2.05, 4.69) is 38.3 Å². The predicted octanol–water partition coefficient (Wildman–Crippen LogP) is 1.90. The zero-order chi connectivity index (χ0) is 14.1. The molecule has 3 unspecified atom stereocenters. The number of likely N-dealkylation sites (N-methyl/N-ethyl adjacent to an activating group) is 1. The van der Waals surface area contributed by atoms with Crippen molar-refractivity contribution in [3.8, 4) is 0 Å². The molecule has 2 fully saturated rings. The largest absolute Gasteiger partial charge is 0.375 e. The Hall–Kier alpha value is -0.160. The van der Waals surface area contributed by atoms with E-state index in [0.717, 1.165) is 19.4 Å². The van der Waals surface area contributed by atoms with Crippen LogP contribution in [-0.4, -0.2) is 42.8 Å². The highest BCUT2D eigenvalue weighted by molar-refractivity contribution is 5.02. The van der Waals surface area contributed by atoms with Crippen LogP contribution in [0.25, 0.3) is 0 Å². The standard InChI is InChI=1S/C15H31N3O/c1-5-14(2,18(3)4)13(17-16)12-7-10-19-15(11-12)8-6-9-15/h12-13,17H,5-11,16H2,1-4H3. The van der Waals surface area contributed by atoms with Gasteiger partial charge in [-0.1, -0.05) is 6.92 Å². The van der Waals surface area contributed by atoms with Crippen LogP contribution < -0.4 is 11.3 Å². The van der Waals surface area contributed by atoms with E-state index in [-0.39, 0.29) is 11.1 Å². The molecule has 1 saturated heterocycles. The fourth-order valence-electron chi connectivity index (χ4n) is 3.91. The van der Waals surface area contributed by atoms with Gasteiger partial charge in [0.1, 0.15) is 0 Å². The van der Waals surface area contributed by atoms with Gasteiger partial charge in [0.15, 0.2) is 0 Å². The van der Waals surface area contributed by atoms with Gasteiger partial charge in [0.25, 0.3) is 0 Å². The Bertz CT molecular complexity index is 304. The predicted molar refractivity (Wildman–Crippen MR) is 78.8 cm³/mol. The van der Waals surface area contributed by atoms with Gasteiger partial charge in [0.05, 0.1) is 5.60 Å².